The molecular formula is C22H24ClN3O2S. The normalized spacial score (nSPS) is 11.2. The lowest BCUT2D eigenvalue weighted by molar-refractivity contribution is -0.113. The zero-order chi connectivity index (χ0) is 21.1. The number of amides is 1. The Balaban J connectivity index is 1.87. The monoisotopic (exact) mass is 429 g/mol. The van der Waals surface area contributed by atoms with Gasteiger partial charge < -0.3 is 5.32 Å². The van der Waals surface area contributed by atoms with Gasteiger partial charge in [0, 0.05) is 17.3 Å². The molecule has 0 spiro atoms. The lowest BCUT2D eigenvalue weighted by Crippen LogP contribution is -2.26. The number of halogens is 1. The maximum Gasteiger partial charge on any atom is 0.262 e. The molecule has 3 aromatic rings. The van der Waals surface area contributed by atoms with Crippen molar-refractivity contribution in [3.8, 4) is 0 Å². The molecule has 7 heteroatoms. The average Bonchev–Trinajstić information content (AvgIpc) is 2.66. The van der Waals surface area contributed by atoms with Crippen LogP contribution in [-0.4, -0.2) is 21.2 Å². The van der Waals surface area contributed by atoms with Gasteiger partial charge in [-0.15, -0.1) is 0 Å². The molecule has 0 bridgehead atoms. The largest absolute Gasteiger partial charge is 0.325 e. The lowest BCUT2D eigenvalue weighted by Gasteiger charge is -2.15. The summed E-state index contributed by atoms with van der Waals surface area (Å²) in [6, 6.07) is 11.0. The Morgan fingerprint density at radius 1 is 1.21 bits per heavy atom. The van der Waals surface area contributed by atoms with Crippen LogP contribution in [0.15, 0.2) is 46.3 Å². The molecule has 0 saturated carbocycles. The molecule has 2 aromatic carbocycles. The van der Waals surface area contributed by atoms with Crippen molar-refractivity contribution in [3.63, 3.8) is 0 Å². The number of carbonyl (C=O) groups excluding carboxylic acids is 1. The minimum atomic E-state index is -0.135. The van der Waals surface area contributed by atoms with Crippen LogP contribution in [-0.2, 0) is 11.3 Å². The summed E-state index contributed by atoms with van der Waals surface area (Å²) in [5.41, 5.74) is 3.31. The van der Waals surface area contributed by atoms with E-state index in [1.54, 1.807) is 22.8 Å². The van der Waals surface area contributed by atoms with Crippen LogP contribution in [0.2, 0.25) is 5.02 Å². The van der Waals surface area contributed by atoms with Gasteiger partial charge in [0.15, 0.2) is 5.16 Å². The van der Waals surface area contributed by atoms with Crippen molar-refractivity contribution in [1.82, 2.24) is 9.55 Å². The van der Waals surface area contributed by atoms with Gasteiger partial charge in [-0.3, -0.25) is 14.2 Å². The molecule has 0 atom stereocenters. The van der Waals surface area contributed by atoms with E-state index >= 15 is 0 Å². The Kier molecular flexibility index (Phi) is 6.65. The Hall–Kier alpha value is -2.31. The fourth-order valence-electron chi connectivity index (χ4n) is 3.13. The van der Waals surface area contributed by atoms with E-state index in [1.165, 1.54) is 11.8 Å². The second-order valence-corrected chi connectivity index (χ2v) is 8.85. The van der Waals surface area contributed by atoms with Gasteiger partial charge in [-0.1, -0.05) is 55.4 Å². The summed E-state index contributed by atoms with van der Waals surface area (Å²) >= 11 is 7.33. The van der Waals surface area contributed by atoms with Crippen LogP contribution in [0.1, 0.15) is 25.0 Å². The standard InChI is InChI=1S/C22H24ClN3O2S/c1-13(2)11-26-21(28)17-10-16(23)8-9-18(17)24-22(26)29-12-19(27)25-20-14(3)6-5-7-15(20)4/h5-10,13H,11-12H2,1-4H3,(H,25,27). The summed E-state index contributed by atoms with van der Waals surface area (Å²) in [6.45, 7) is 8.53. The third-order valence-electron chi connectivity index (χ3n) is 4.51. The van der Waals surface area contributed by atoms with Crippen LogP contribution in [0.4, 0.5) is 5.69 Å². The fraction of sp³-hybridized carbons (Fsp3) is 0.318. The molecule has 0 fully saturated rings. The number of nitrogens with one attached hydrogen (secondary N) is 1. The van der Waals surface area contributed by atoms with Crippen LogP contribution >= 0.6 is 23.4 Å². The van der Waals surface area contributed by atoms with Crippen molar-refractivity contribution in [2.45, 2.75) is 39.4 Å². The summed E-state index contributed by atoms with van der Waals surface area (Å²) in [4.78, 5) is 30.2. The summed E-state index contributed by atoms with van der Waals surface area (Å²) in [6.07, 6.45) is 0. The maximum atomic E-state index is 13.0. The van der Waals surface area contributed by atoms with Gasteiger partial charge in [0.1, 0.15) is 0 Å². The molecule has 1 aromatic heterocycles. The van der Waals surface area contributed by atoms with E-state index in [4.69, 9.17) is 11.6 Å². The predicted octanol–water partition coefficient (Wildman–Crippen LogP) is 5.05. The van der Waals surface area contributed by atoms with Gasteiger partial charge in [-0.05, 0) is 49.1 Å². The van der Waals surface area contributed by atoms with E-state index in [0.717, 1.165) is 16.8 Å². The molecule has 152 valence electrons. The zero-order valence-corrected chi connectivity index (χ0v) is 18.5. The Morgan fingerprint density at radius 3 is 2.55 bits per heavy atom. The van der Waals surface area contributed by atoms with E-state index in [9.17, 15) is 9.59 Å². The number of thioether (sulfide) groups is 1. The molecular weight excluding hydrogens is 406 g/mol. The quantitative estimate of drug-likeness (QED) is 0.439. The Bertz CT molecular complexity index is 1100. The fourth-order valence-corrected chi connectivity index (χ4v) is 4.11. The smallest absolute Gasteiger partial charge is 0.262 e. The number of anilines is 1. The number of para-hydroxylation sites is 1. The molecule has 1 N–H and O–H groups in total. The number of nitrogens with zero attached hydrogens (tertiary/aromatic N) is 2. The summed E-state index contributed by atoms with van der Waals surface area (Å²) in [5, 5.41) is 4.50. The third-order valence-corrected chi connectivity index (χ3v) is 5.72. The van der Waals surface area contributed by atoms with E-state index in [1.807, 2.05) is 45.9 Å². The number of hydrogen-bond donors (Lipinski definition) is 1. The SMILES string of the molecule is Cc1cccc(C)c1NC(=O)CSc1nc2ccc(Cl)cc2c(=O)n1CC(C)C. The predicted molar refractivity (Wildman–Crippen MR) is 121 cm³/mol. The second kappa shape index (κ2) is 9.01. The first kappa shape index (κ1) is 21.4. The molecule has 0 aliphatic heterocycles. The van der Waals surface area contributed by atoms with Crippen molar-refractivity contribution < 1.29 is 4.79 Å². The topological polar surface area (TPSA) is 64.0 Å². The number of fused-ring (bicyclic) bond motifs is 1. The van der Waals surface area contributed by atoms with Crippen molar-refractivity contribution in [3.05, 3.63) is 62.9 Å². The van der Waals surface area contributed by atoms with Crippen molar-refractivity contribution in [1.29, 1.82) is 0 Å². The number of benzene rings is 2. The van der Waals surface area contributed by atoms with Crippen LogP contribution in [0.25, 0.3) is 10.9 Å². The molecule has 29 heavy (non-hydrogen) atoms. The molecule has 5 nitrogen and oxygen atoms in total. The van der Waals surface area contributed by atoms with Gasteiger partial charge in [-0.25, -0.2) is 4.98 Å². The number of rotatable bonds is 6. The molecule has 1 amide bonds. The average molecular weight is 430 g/mol. The molecule has 0 aliphatic rings. The first-order chi connectivity index (χ1) is 13.8. The highest BCUT2D eigenvalue weighted by Crippen LogP contribution is 2.23. The maximum absolute atomic E-state index is 13.0. The summed E-state index contributed by atoms with van der Waals surface area (Å²) in [5.74, 6) is 0.292. The van der Waals surface area contributed by atoms with Crippen molar-refractivity contribution in [2.75, 3.05) is 11.1 Å². The number of hydrogen-bond acceptors (Lipinski definition) is 4. The first-order valence-corrected chi connectivity index (χ1v) is 10.8. The minimum absolute atomic E-state index is 0.131. The van der Waals surface area contributed by atoms with Gasteiger partial charge in [-0.2, -0.15) is 0 Å². The van der Waals surface area contributed by atoms with Crippen LogP contribution < -0.4 is 10.9 Å². The molecule has 0 radical (unpaired) electrons. The molecule has 0 aliphatic carbocycles. The van der Waals surface area contributed by atoms with Gasteiger partial charge in [0.2, 0.25) is 5.91 Å². The molecule has 0 saturated heterocycles. The van der Waals surface area contributed by atoms with E-state index in [-0.39, 0.29) is 23.1 Å². The van der Waals surface area contributed by atoms with Crippen LogP contribution in [0.3, 0.4) is 0 Å². The number of aryl methyl sites for hydroxylation is 2. The van der Waals surface area contributed by atoms with Crippen LogP contribution in [0, 0.1) is 19.8 Å². The van der Waals surface area contributed by atoms with Gasteiger partial charge in [0.05, 0.1) is 16.7 Å². The summed E-state index contributed by atoms with van der Waals surface area (Å²) in [7, 11) is 0. The molecule has 1 heterocycles. The Labute approximate surface area is 179 Å². The number of aromatic nitrogens is 2. The van der Waals surface area contributed by atoms with E-state index in [0.29, 0.717) is 27.6 Å². The third kappa shape index (κ3) is 5.00. The van der Waals surface area contributed by atoms with Crippen molar-refractivity contribution >= 4 is 45.9 Å². The molecule has 0 unspecified atom stereocenters. The highest BCUT2D eigenvalue weighted by atomic mass is 35.5. The second-order valence-electron chi connectivity index (χ2n) is 7.47. The zero-order valence-electron chi connectivity index (χ0n) is 17.0. The summed E-state index contributed by atoms with van der Waals surface area (Å²) < 4.78 is 1.64. The lowest BCUT2D eigenvalue weighted by atomic mass is 10.1. The van der Waals surface area contributed by atoms with Gasteiger partial charge >= 0.3 is 0 Å². The highest BCUT2D eigenvalue weighted by Gasteiger charge is 2.15. The highest BCUT2D eigenvalue weighted by molar-refractivity contribution is 7.99. The minimum Gasteiger partial charge on any atom is -0.325 e. The van der Waals surface area contributed by atoms with Crippen LogP contribution in [0.5, 0.6) is 0 Å². The first-order valence-electron chi connectivity index (χ1n) is 9.45. The van der Waals surface area contributed by atoms with Crippen molar-refractivity contribution in [2.24, 2.45) is 5.92 Å². The number of carbonyl (C=O) groups is 1. The Morgan fingerprint density at radius 2 is 1.90 bits per heavy atom. The molecule has 3 rings (SSSR count). The van der Waals surface area contributed by atoms with Gasteiger partial charge in [0.25, 0.3) is 5.56 Å². The van der Waals surface area contributed by atoms with E-state index in [2.05, 4.69) is 10.3 Å². The van der Waals surface area contributed by atoms with E-state index < -0.39 is 0 Å².